The van der Waals surface area contributed by atoms with E-state index in [0.717, 1.165) is 35.5 Å². The second-order valence-corrected chi connectivity index (χ2v) is 13.6. The van der Waals surface area contributed by atoms with Gasteiger partial charge in [0, 0.05) is 29.2 Å². The molecule has 228 valence electrons. The van der Waals surface area contributed by atoms with Gasteiger partial charge >= 0.3 is 5.97 Å². The van der Waals surface area contributed by atoms with Crippen molar-refractivity contribution in [2.75, 3.05) is 6.54 Å². The average Bonchev–Trinajstić information content (AvgIpc) is 3.35. The first-order valence-electron chi connectivity index (χ1n) is 14.7. The number of carbonyl (C=O) groups is 2. The molecule has 2 N–H and O–H groups in total. The monoisotopic (exact) mass is 590 g/mol. The van der Waals surface area contributed by atoms with Gasteiger partial charge in [-0.15, -0.1) is 11.3 Å². The van der Waals surface area contributed by atoms with Crippen LogP contribution in [0.15, 0.2) is 16.1 Å². The number of unbranched alkanes of at least 4 members (excludes halogenated alkanes) is 1. The number of aliphatic hydroxyl groups is 2. The Balaban J connectivity index is 1.85. The van der Waals surface area contributed by atoms with Gasteiger partial charge in [0.05, 0.1) is 46.5 Å². The standard InChI is InChI=1S/C30H46N4O6S/c1-18-10-9-12-30(6)25(40-30)15-23(19(2)14-21-17-41-20(3)33-21)39-26(36)16-24(35)29(4,5)28(38)22(27(18)37)11-7-8-13-32-34-31/h14,17-18,22-25,27,35,37H,7-13,15-16H2,1-6H3/b19-14+/t18?,22?,23?,24-,25?,27?,30+/m0/s1. The minimum absolute atomic E-state index is 0.0827. The number of Topliss-reactive ketones (excluding diaryl/α,β-unsaturated/α-hetero) is 1. The van der Waals surface area contributed by atoms with Gasteiger partial charge in [0.2, 0.25) is 0 Å². The van der Waals surface area contributed by atoms with E-state index in [1.165, 1.54) is 0 Å². The lowest BCUT2D eigenvalue weighted by molar-refractivity contribution is -0.154. The van der Waals surface area contributed by atoms with Crippen molar-refractivity contribution < 1.29 is 29.3 Å². The Bertz CT molecular complexity index is 1150. The van der Waals surface area contributed by atoms with Crippen LogP contribution in [0.4, 0.5) is 0 Å². The number of cyclic esters (lactones) is 1. The molecule has 0 radical (unpaired) electrons. The highest BCUT2D eigenvalue weighted by Crippen LogP contribution is 2.45. The fourth-order valence-electron chi connectivity index (χ4n) is 5.75. The highest BCUT2D eigenvalue weighted by atomic mass is 32.1. The summed E-state index contributed by atoms with van der Waals surface area (Å²) in [6.45, 7) is 11.4. The van der Waals surface area contributed by atoms with E-state index in [1.54, 1.807) is 25.2 Å². The van der Waals surface area contributed by atoms with Crippen LogP contribution in [0.3, 0.4) is 0 Å². The number of esters is 1. The molecule has 0 bridgehead atoms. The van der Waals surface area contributed by atoms with Crippen molar-refractivity contribution in [2.45, 2.75) is 123 Å². The molecule has 2 aliphatic heterocycles. The zero-order valence-corrected chi connectivity index (χ0v) is 26.0. The number of thiazole rings is 1. The van der Waals surface area contributed by atoms with Crippen molar-refractivity contribution in [1.29, 1.82) is 0 Å². The second kappa shape index (κ2) is 14.2. The Labute approximate surface area is 247 Å². The van der Waals surface area contributed by atoms with Gasteiger partial charge in [0.25, 0.3) is 0 Å². The van der Waals surface area contributed by atoms with Gasteiger partial charge in [-0.05, 0) is 69.6 Å². The number of azide groups is 1. The van der Waals surface area contributed by atoms with E-state index < -0.39 is 35.6 Å². The van der Waals surface area contributed by atoms with Gasteiger partial charge in [-0.25, -0.2) is 4.98 Å². The maximum absolute atomic E-state index is 13.9. The minimum Gasteiger partial charge on any atom is -0.458 e. The SMILES string of the molecule is C/C(=C\c1csc(C)n1)C1CC2O[C@]2(C)CCCC(C)C(O)C(CCCCN=[N+]=[N-])C(=O)C(C)(C)[C@@H](O)CC(=O)O1. The number of hydrogen-bond acceptors (Lipinski definition) is 9. The molecule has 0 amide bonds. The van der Waals surface area contributed by atoms with Gasteiger partial charge in [0.15, 0.2) is 0 Å². The molecule has 0 saturated carbocycles. The summed E-state index contributed by atoms with van der Waals surface area (Å²) in [5.41, 5.74) is 8.55. The molecule has 0 spiro atoms. The number of ether oxygens (including phenoxy) is 2. The lowest BCUT2D eigenvalue weighted by Crippen LogP contribution is -2.46. The van der Waals surface area contributed by atoms with Gasteiger partial charge in [0.1, 0.15) is 11.9 Å². The molecule has 2 aliphatic rings. The van der Waals surface area contributed by atoms with Crippen molar-refractivity contribution in [2.24, 2.45) is 22.4 Å². The molecule has 1 aromatic rings. The Morgan fingerprint density at radius 2 is 2.02 bits per heavy atom. The van der Waals surface area contributed by atoms with Gasteiger partial charge in [-0.3, -0.25) is 9.59 Å². The van der Waals surface area contributed by atoms with Crippen molar-refractivity contribution in [3.8, 4) is 0 Å². The summed E-state index contributed by atoms with van der Waals surface area (Å²) in [5.74, 6) is -1.74. The normalized spacial score (nSPS) is 33.4. The molecule has 1 aromatic heterocycles. The number of epoxide rings is 1. The third-order valence-corrected chi connectivity index (χ3v) is 9.63. The van der Waals surface area contributed by atoms with Crippen LogP contribution >= 0.6 is 11.3 Å². The van der Waals surface area contributed by atoms with E-state index in [1.807, 2.05) is 32.2 Å². The van der Waals surface area contributed by atoms with Crippen molar-refractivity contribution in [3.05, 3.63) is 32.1 Å². The van der Waals surface area contributed by atoms with Gasteiger partial charge in [-0.1, -0.05) is 38.7 Å². The average molecular weight is 591 g/mol. The zero-order valence-electron chi connectivity index (χ0n) is 25.2. The van der Waals surface area contributed by atoms with Gasteiger partial charge < -0.3 is 19.7 Å². The van der Waals surface area contributed by atoms with E-state index in [0.29, 0.717) is 32.2 Å². The molecule has 7 atom stereocenters. The fraction of sp³-hybridized carbons (Fsp3) is 0.767. The third-order valence-electron chi connectivity index (χ3n) is 8.84. The predicted octanol–water partition coefficient (Wildman–Crippen LogP) is 5.94. The van der Waals surface area contributed by atoms with Crippen LogP contribution in [0.5, 0.6) is 0 Å². The first-order valence-corrected chi connectivity index (χ1v) is 15.6. The minimum atomic E-state index is -1.29. The lowest BCUT2D eigenvalue weighted by Gasteiger charge is -2.36. The summed E-state index contributed by atoms with van der Waals surface area (Å²) in [5, 5.41) is 28.9. The number of ketones is 1. The number of aryl methyl sites for hydroxylation is 1. The van der Waals surface area contributed by atoms with E-state index in [2.05, 4.69) is 21.9 Å². The van der Waals surface area contributed by atoms with Crippen molar-refractivity contribution >= 4 is 29.2 Å². The van der Waals surface area contributed by atoms with Gasteiger partial charge in [-0.2, -0.15) is 0 Å². The highest BCUT2D eigenvalue weighted by Gasteiger charge is 2.53. The van der Waals surface area contributed by atoms with Crippen LogP contribution in [-0.4, -0.2) is 63.5 Å². The van der Waals surface area contributed by atoms with Crippen LogP contribution in [0.25, 0.3) is 16.5 Å². The van der Waals surface area contributed by atoms with E-state index in [-0.39, 0.29) is 29.8 Å². The molecule has 3 heterocycles. The van der Waals surface area contributed by atoms with Crippen LogP contribution in [0.2, 0.25) is 0 Å². The number of nitrogens with zero attached hydrogens (tertiary/aromatic N) is 4. The lowest BCUT2D eigenvalue weighted by atomic mass is 9.71. The smallest absolute Gasteiger partial charge is 0.309 e. The van der Waals surface area contributed by atoms with E-state index in [4.69, 9.17) is 15.0 Å². The van der Waals surface area contributed by atoms with E-state index >= 15 is 0 Å². The number of aromatic nitrogens is 1. The van der Waals surface area contributed by atoms with Crippen LogP contribution < -0.4 is 0 Å². The summed E-state index contributed by atoms with van der Waals surface area (Å²) < 4.78 is 12.0. The van der Waals surface area contributed by atoms with Crippen molar-refractivity contribution in [1.82, 2.24) is 4.98 Å². The zero-order chi connectivity index (χ0) is 30.4. The molecule has 2 fully saturated rings. The number of carbonyl (C=O) groups excluding carboxylic acids is 2. The molecular weight excluding hydrogens is 544 g/mol. The first kappa shape index (κ1) is 33.2. The van der Waals surface area contributed by atoms with Crippen LogP contribution in [0, 0.1) is 24.2 Å². The summed E-state index contributed by atoms with van der Waals surface area (Å²) in [4.78, 5) is 34.3. The van der Waals surface area contributed by atoms with E-state index in [9.17, 15) is 19.8 Å². The summed E-state index contributed by atoms with van der Waals surface area (Å²) in [6.07, 6.45) is 3.13. The predicted molar refractivity (Wildman–Crippen MR) is 158 cm³/mol. The summed E-state index contributed by atoms with van der Waals surface area (Å²) in [6, 6.07) is 0. The maximum atomic E-state index is 13.9. The molecule has 11 heteroatoms. The van der Waals surface area contributed by atoms with Crippen LogP contribution in [0.1, 0.15) is 96.7 Å². The molecule has 3 rings (SSSR count). The summed E-state index contributed by atoms with van der Waals surface area (Å²) >= 11 is 1.55. The Morgan fingerprint density at radius 3 is 2.68 bits per heavy atom. The molecule has 5 unspecified atom stereocenters. The second-order valence-electron chi connectivity index (χ2n) is 12.5. The number of hydrogen-bond donors (Lipinski definition) is 2. The summed E-state index contributed by atoms with van der Waals surface area (Å²) in [7, 11) is 0. The molecule has 41 heavy (non-hydrogen) atoms. The third kappa shape index (κ3) is 8.85. The quantitative estimate of drug-likeness (QED) is 0.0993. The Kier molecular flexibility index (Phi) is 11.5. The number of aliphatic hydroxyl groups excluding tert-OH is 2. The Morgan fingerprint density at radius 1 is 1.29 bits per heavy atom. The topological polar surface area (TPSA) is 158 Å². The largest absolute Gasteiger partial charge is 0.458 e. The number of rotatable bonds is 7. The van der Waals surface area contributed by atoms with Crippen LogP contribution in [-0.2, 0) is 19.1 Å². The molecule has 2 saturated heterocycles. The highest BCUT2D eigenvalue weighted by molar-refractivity contribution is 7.09. The molecular formula is C30H46N4O6S. The fourth-order valence-corrected chi connectivity index (χ4v) is 6.33. The first-order chi connectivity index (χ1) is 19.3. The Hall–Kier alpha value is -2.30. The molecule has 10 nitrogen and oxygen atoms in total. The number of fused-ring (bicyclic) bond motifs is 1. The molecule has 0 aliphatic carbocycles. The molecule has 0 aromatic carbocycles. The van der Waals surface area contributed by atoms with Crippen molar-refractivity contribution in [3.63, 3.8) is 0 Å². The maximum Gasteiger partial charge on any atom is 0.309 e.